The summed E-state index contributed by atoms with van der Waals surface area (Å²) in [6.45, 7) is 2.51. The number of hydrogen-bond acceptors (Lipinski definition) is 7. The molecule has 2 aromatic carbocycles. The quantitative estimate of drug-likeness (QED) is 0.501. The Kier molecular flexibility index (Phi) is 6.46. The number of rotatable bonds is 6. The summed E-state index contributed by atoms with van der Waals surface area (Å²) >= 11 is 6.08. The van der Waals surface area contributed by atoms with Crippen molar-refractivity contribution >= 4 is 28.9 Å². The van der Waals surface area contributed by atoms with Crippen molar-refractivity contribution in [2.75, 3.05) is 25.1 Å². The summed E-state index contributed by atoms with van der Waals surface area (Å²) in [5, 5.41) is 18.9. The van der Waals surface area contributed by atoms with Crippen LogP contribution in [0.15, 0.2) is 47.5 Å². The number of hydrogen-bond donors (Lipinski definition) is 3. The highest BCUT2D eigenvalue weighted by atomic mass is 35.5. The Balaban J connectivity index is 1.25. The number of aromatic nitrogens is 3. The maximum Gasteiger partial charge on any atom is 0.251 e. The zero-order valence-corrected chi connectivity index (χ0v) is 19.6. The van der Waals surface area contributed by atoms with Crippen molar-refractivity contribution in [3.8, 4) is 5.75 Å². The number of aliphatic imine (C=N–C) groups is 1. The second-order valence-corrected chi connectivity index (χ2v) is 8.73. The molecule has 3 N–H and O–H groups in total. The van der Waals surface area contributed by atoms with Crippen molar-refractivity contribution in [2.24, 2.45) is 12.0 Å². The number of halogens is 1. The van der Waals surface area contributed by atoms with E-state index in [9.17, 15) is 4.79 Å². The lowest BCUT2D eigenvalue weighted by molar-refractivity contribution is 0.0925. The summed E-state index contributed by atoms with van der Waals surface area (Å²) in [5.74, 6) is 2.17. The predicted molar refractivity (Wildman–Crippen MR) is 131 cm³/mol. The topological polar surface area (TPSA) is 105 Å². The Morgan fingerprint density at radius 1 is 1.26 bits per heavy atom. The highest BCUT2D eigenvalue weighted by molar-refractivity contribution is 6.30. The summed E-state index contributed by atoms with van der Waals surface area (Å²) in [6, 6.07) is 12.8. The molecule has 0 aliphatic carbocycles. The molecule has 5 rings (SSSR count). The van der Waals surface area contributed by atoms with Gasteiger partial charge in [-0.15, -0.1) is 10.2 Å². The number of fused-ring (bicyclic) bond motifs is 1. The first-order chi connectivity index (χ1) is 16.6. The van der Waals surface area contributed by atoms with Crippen LogP contribution in [-0.4, -0.2) is 46.2 Å². The van der Waals surface area contributed by atoms with Crippen LogP contribution in [0.25, 0.3) is 0 Å². The number of nitrogens with one attached hydrogen (secondary N) is 3. The van der Waals surface area contributed by atoms with Gasteiger partial charge in [-0.05, 0) is 30.3 Å². The number of nitrogens with zero attached hydrogens (tertiary/aromatic N) is 4. The maximum absolute atomic E-state index is 13.0. The van der Waals surface area contributed by atoms with E-state index in [2.05, 4.69) is 31.1 Å². The van der Waals surface area contributed by atoms with Gasteiger partial charge in [0.2, 0.25) is 0 Å². The van der Waals surface area contributed by atoms with E-state index in [1.807, 2.05) is 41.9 Å². The normalized spacial score (nSPS) is 17.4. The fraction of sp³-hybridized carbons (Fsp3) is 0.333. The van der Waals surface area contributed by atoms with Crippen LogP contribution >= 0.6 is 11.6 Å². The van der Waals surface area contributed by atoms with Crippen molar-refractivity contribution in [1.29, 1.82) is 0 Å². The first-order valence-electron chi connectivity index (χ1n) is 11.3. The van der Waals surface area contributed by atoms with E-state index >= 15 is 0 Å². The van der Waals surface area contributed by atoms with Gasteiger partial charge in [0.05, 0.1) is 31.6 Å². The summed E-state index contributed by atoms with van der Waals surface area (Å²) in [6.07, 6.45) is 1.54. The van der Waals surface area contributed by atoms with Gasteiger partial charge in [0, 0.05) is 48.3 Å². The van der Waals surface area contributed by atoms with Crippen LogP contribution in [0.1, 0.15) is 46.5 Å². The molecular weight excluding hydrogens is 454 g/mol. The van der Waals surface area contributed by atoms with Gasteiger partial charge in [0.15, 0.2) is 11.6 Å². The summed E-state index contributed by atoms with van der Waals surface area (Å²) in [4.78, 5) is 17.5. The standard InChI is InChI=1S/C24H26ClN7O2/c1-32-22(30-31-23(32)20-7-9-26-14-28-20)13-27-17-4-2-3-15(11-17)24(33)29-19-8-10-34-21-12-16(25)5-6-18(19)21/h2-6,11-12,19,26-27H,7-10,13-14H2,1H3,(H,29,33)/t19-/m1/s1. The average molecular weight is 480 g/mol. The maximum atomic E-state index is 13.0. The Bertz CT molecular complexity index is 1240. The molecule has 34 heavy (non-hydrogen) atoms. The molecule has 10 heteroatoms. The fourth-order valence-corrected chi connectivity index (χ4v) is 4.33. The van der Waals surface area contributed by atoms with Gasteiger partial charge in [0.1, 0.15) is 5.75 Å². The lowest BCUT2D eigenvalue weighted by atomic mass is 10.00. The monoisotopic (exact) mass is 479 g/mol. The highest BCUT2D eigenvalue weighted by Crippen LogP contribution is 2.34. The summed E-state index contributed by atoms with van der Waals surface area (Å²) in [7, 11) is 1.94. The van der Waals surface area contributed by atoms with E-state index in [1.54, 1.807) is 12.1 Å². The van der Waals surface area contributed by atoms with Crippen LogP contribution in [0.4, 0.5) is 5.69 Å². The number of benzene rings is 2. The minimum atomic E-state index is -0.138. The summed E-state index contributed by atoms with van der Waals surface area (Å²) in [5.41, 5.74) is 3.32. The van der Waals surface area contributed by atoms with Gasteiger partial charge in [-0.25, -0.2) is 0 Å². The molecule has 1 atom stereocenters. The van der Waals surface area contributed by atoms with Crippen LogP contribution in [0.3, 0.4) is 0 Å². The SMILES string of the molecule is Cn1c(CNc2cccc(C(=O)N[C@@H]3CCOc4cc(Cl)ccc43)c2)nnc1C1=NCNCC1. The third-order valence-electron chi connectivity index (χ3n) is 6.04. The van der Waals surface area contributed by atoms with Crippen LogP contribution in [0, 0.1) is 0 Å². The number of anilines is 1. The highest BCUT2D eigenvalue weighted by Gasteiger charge is 2.24. The fourth-order valence-electron chi connectivity index (χ4n) is 4.17. The molecule has 0 fully saturated rings. The zero-order chi connectivity index (χ0) is 23.5. The van der Waals surface area contributed by atoms with Crippen LogP contribution in [0.5, 0.6) is 5.75 Å². The zero-order valence-electron chi connectivity index (χ0n) is 18.8. The third kappa shape index (κ3) is 4.76. The van der Waals surface area contributed by atoms with Crippen LogP contribution in [0.2, 0.25) is 5.02 Å². The smallest absolute Gasteiger partial charge is 0.251 e. The second-order valence-electron chi connectivity index (χ2n) is 8.29. The molecule has 0 saturated carbocycles. The van der Waals surface area contributed by atoms with Gasteiger partial charge in [-0.1, -0.05) is 23.7 Å². The number of amides is 1. The van der Waals surface area contributed by atoms with E-state index < -0.39 is 0 Å². The molecule has 176 valence electrons. The predicted octanol–water partition coefficient (Wildman–Crippen LogP) is 3.07. The van der Waals surface area contributed by atoms with E-state index in [4.69, 9.17) is 16.3 Å². The molecule has 2 aliphatic rings. The summed E-state index contributed by atoms with van der Waals surface area (Å²) < 4.78 is 7.66. The molecule has 0 saturated heterocycles. The lowest BCUT2D eigenvalue weighted by Gasteiger charge is -2.27. The molecule has 3 heterocycles. The van der Waals surface area contributed by atoms with Gasteiger partial charge in [-0.3, -0.25) is 15.1 Å². The second kappa shape index (κ2) is 9.82. The lowest BCUT2D eigenvalue weighted by Crippen LogP contribution is -2.32. The molecule has 3 aromatic rings. The van der Waals surface area contributed by atoms with Gasteiger partial charge in [0.25, 0.3) is 5.91 Å². The first kappa shape index (κ1) is 22.4. The molecular formula is C24H26ClN7O2. The van der Waals surface area contributed by atoms with E-state index in [1.165, 1.54) is 0 Å². The van der Waals surface area contributed by atoms with Crippen LogP contribution < -0.4 is 20.7 Å². The Labute approximate surface area is 202 Å². The first-order valence-corrected chi connectivity index (χ1v) is 11.7. The Hall–Kier alpha value is -3.43. The molecule has 0 radical (unpaired) electrons. The van der Waals surface area contributed by atoms with Crippen molar-refractivity contribution in [1.82, 2.24) is 25.4 Å². The van der Waals surface area contributed by atoms with Gasteiger partial charge < -0.3 is 19.9 Å². The van der Waals surface area contributed by atoms with Gasteiger partial charge >= 0.3 is 0 Å². The molecule has 0 unspecified atom stereocenters. The van der Waals surface area contributed by atoms with Crippen molar-refractivity contribution in [3.05, 3.63) is 70.3 Å². The molecule has 0 bridgehead atoms. The van der Waals surface area contributed by atoms with Crippen LogP contribution in [-0.2, 0) is 13.6 Å². The minimum Gasteiger partial charge on any atom is -0.493 e. The molecule has 9 nitrogen and oxygen atoms in total. The van der Waals surface area contributed by atoms with Crippen molar-refractivity contribution in [2.45, 2.75) is 25.4 Å². The molecule has 0 spiro atoms. The Morgan fingerprint density at radius 3 is 3.03 bits per heavy atom. The minimum absolute atomic E-state index is 0.125. The van der Waals surface area contributed by atoms with Crippen molar-refractivity contribution in [3.63, 3.8) is 0 Å². The largest absolute Gasteiger partial charge is 0.493 e. The molecule has 2 aliphatic heterocycles. The van der Waals surface area contributed by atoms with E-state index in [0.29, 0.717) is 36.8 Å². The molecule has 1 aromatic heterocycles. The number of carbonyl (C=O) groups is 1. The van der Waals surface area contributed by atoms with E-state index in [-0.39, 0.29) is 11.9 Å². The van der Waals surface area contributed by atoms with Crippen molar-refractivity contribution < 1.29 is 9.53 Å². The van der Waals surface area contributed by atoms with E-state index in [0.717, 1.165) is 47.3 Å². The number of carbonyl (C=O) groups excluding carboxylic acids is 1. The third-order valence-corrected chi connectivity index (χ3v) is 6.27. The Morgan fingerprint density at radius 2 is 2.18 bits per heavy atom. The van der Waals surface area contributed by atoms with Gasteiger partial charge in [-0.2, -0.15) is 0 Å². The number of ether oxygens (including phenoxy) is 1. The molecule has 1 amide bonds. The average Bonchev–Trinajstić information content (AvgIpc) is 3.23.